The van der Waals surface area contributed by atoms with Crippen LogP contribution in [0.25, 0.3) is 0 Å². The third-order valence-corrected chi connectivity index (χ3v) is 16.6. The van der Waals surface area contributed by atoms with Crippen molar-refractivity contribution in [2.45, 2.75) is 159 Å². The van der Waals surface area contributed by atoms with Crippen molar-refractivity contribution < 1.29 is 85.7 Å². The Bertz CT molecular complexity index is 3490. The van der Waals surface area contributed by atoms with E-state index in [2.05, 4.69) is 0 Å². The molecule has 0 aliphatic carbocycles. The molecule has 3 aliphatic rings. The molecule has 18 heteroatoms. The average molecular weight is 1310 g/mol. The molecular weight excluding hydrogens is 1220 g/mol. The molecule has 8 aromatic carbocycles. The molecule has 0 amide bonds. The number of carbonyl (C=O) groups is 2. The molecular formula is C78H84O18. The van der Waals surface area contributed by atoms with E-state index in [0.717, 1.165) is 44.5 Å². The summed E-state index contributed by atoms with van der Waals surface area (Å²) in [4.78, 5) is 27.2. The number of esters is 2. The quantitative estimate of drug-likeness (QED) is 0.0381. The molecule has 3 fully saturated rings. The summed E-state index contributed by atoms with van der Waals surface area (Å²) in [6.07, 6.45) is -18.0. The van der Waals surface area contributed by atoms with Crippen LogP contribution in [0.5, 0.6) is 0 Å². The number of aliphatic hydroxyl groups excluding tert-OH is 1. The third-order valence-electron chi connectivity index (χ3n) is 16.6. The second kappa shape index (κ2) is 36.5. The van der Waals surface area contributed by atoms with Crippen molar-refractivity contribution in [1.82, 2.24) is 0 Å². The van der Waals surface area contributed by atoms with Gasteiger partial charge in [-0.2, -0.15) is 0 Å². The lowest BCUT2D eigenvalue weighted by atomic mass is 9.95. The highest BCUT2D eigenvalue weighted by molar-refractivity contribution is 5.66. The Morgan fingerprint density at radius 1 is 0.292 bits per heavy atom. The Hall–Kier alpha value is -7.86. The lowest BCUT2D eigenvalue weighted by molar-refractivity contribution is -0.376. The number of ether oxygens (including phenoxy) is 15. The molecule has 504 valence electrons. The molecule has 3 heterocycles. The average Bonchev–Trinajstić information content (AvgIpc) is 0.794. The predicted octanol–water partition coefficient (Wildman–Crippen LogP) is 11.4. The van der Waals surface area contributed by atoms with Gasteiger partial charge in [-0.15, -0.1) is 0 Å². The largest absolute Gasteiger partial charge is 0.454 e. The first-order valence-electron chi connectivity index (χ1n) is 32.6. The lowest BCUT2D eigenvalue weighted by Crippen LogP contribution is -2.67. The zero-order chi connectivity index (χ0) is 66.1. The van der Waals surface area contributed by atoms with Crippen molar-refractivity contribution in [3.63, 3.8) is 0 Å². The first kappa shape index (κ1) is 69.5. The van der Waals surface area contributed by atoms with Gasteiger partial charge in [0, 0.05) is 13.8 Å². The van der Waals surface area contributed by atoms with Gasteiger partial charge in [-0.25, -0.2) is 0 Å². The Kier molecular flexibility index (Phi) is 26.4. The van der Waals surface area contributed by atoms with Crippen LogP contribution in [0.4, 0.5) is 0 Å². The standard InChI is InChI=1S/C78H84O18/c1-54(79)91-74-70(87-48-61-37-21-8-22-38-61)67(84-45-58-31-15-5-16-32-58)64(51-82-43-56-27-11-3-12-28-56)94-77(74)90-53-66-69(86-47-60-35-19-7-20-36-60)72(73(76(81)93-66)89-50-63-41-25-10-26-42-63)96-78-75(92-55(2)80)71(88-49-62-39-23-9-24-40-62)68(85-46-59-33-17-6-18-34-59)65(95-78)52-83-44-57-29-13-4-14-30-57/h3-42,64-78,81H,43-53H2,1-2H3/t64?,65?,66?,67-,68-,69-,70?,71?,72?,73?,74?,75?,76-,77+,78-/m1/s1. The first-order valence-corrected chi connectivity index (χ1v) is 32.6. The normalized spacial score (nSPS) is 25.8. The van der Waals surface area contributed by atoms with Gasteiger partial charge < -0.3 is 76.2 Å². The fourth-order valence-corrected chi connectivity index (χ4v) is 11.9. The van der Waals surface area contributed by atoms with Gasteiger partial charge in [0.1, 0.15) is 61.0 Å². The van der Waals surface area contributed by atoms with Gasteiger partial charge in [-0.05, 0) is 44.5 Å². The Balaban J connectivity index is 0.962. The van der Waals surface area contributed by atoms with Crippen molar-refractivity contribution in [1.29, 1.82) is 0 Å². The van der Waals surface area contributed by atoms with Gasteiger partial charge in [-0.3, -0.25) is 9.59 Å². The van der Waals surface area contributed by atoms with E-state index in [1.165, 1.54) is 13.8 Å². The van der Waals surface area contributed by atoms with Gasteiger partial charge in [0.05, 0.1) is 72.7 Å². The van der Waals surface area contributed by atoms with E-state index in [9.17, 15) is 14.7 Å². The number of aliphatic hydroxyl groups is 1. The zero-order valence-corrected chi connectivity index (χ0v) is 53.9. The van der Waals surface area contributed by atoms with E-state index >= 15 is 0 Å². The smallest absolute Gasteiger partial charge is 0.303 e. The number of benzene rings is 8. The molecule has 0 aromatic heterocycles. The summed E-state index contributed by atoms with van der Waals surface area (Å²) in [7, 11) is 0. The Morgan fingerprint density at radius 3 is 0.875 bits per heavy atom. The van der Waals surface area contributed by atoms with Crippen molar-refractivity contribution in [2.24, 2.45) is 0 Å². The van der Waals surface area contributed by atoms with E-state index in [4.69, 9.17) is 71.1 Å². The predicted molar refractivity (Wildman–Crippen MR) is 352 cm³/mol. The molecule has 3 saturated heterocycles. The minimum atomic E-state index is -1.73. The van der Waals surface area contributed by atoms with E-state index in [1.807, 2.05) is 243 Å². The molecule has 18 nitrogen and oxygen atoms in total. The van der Waals surface area contributed by atoms with Gasteiger partial charge in [-0.1, -0.05) is 243 Å². The van der Waals surface area contributed by atoms with Crippen LogP contribution in [0.3, 0.4) is 0 Å². The maximum absolute atomic E-state index is 13.7. The molecule has 9 unspecified atom stereocenters. The van der Waals surface area contributed by atoms with Crippen LogP contribution in [0, 0.1) is 0 Å². The molecule has 15 atom stereocenters. The molecule has 3 aliphatic heterocycles. The van der Waals surface area contributed by atoms with E-state index in [1.54, 1.807) is 0 Å². The van der Waals surface area contributed by atoms with Crippen molar-refractivity contribution in [3.05, 3.63) is 287 Å². The van der Waals surface area contributed by atoms with Crippen LogP contribution in [0.1, 0.15) is 58.4 Å². The summed E-state index contributed by atoms with van der Waals surface area (Å²) < 4.78 is 102. The summed E-state index contributed by atoms with van der Waals surface area (Å²) in [6, 6.07) is 77.1. The summed E-state index contributed by atoms with van der Waals surface area (Å²) in [6.45, 7) is 3.14. The fraction of sp³-hybridized carbons (Fsp3) is 0.359. The fourth-order valence-electron chi connectivity index (χ4n) is 11.9. The van der Waals surface area contributed by atoms with Crippen LogP contribution >= 0.6 is 0 Å². The van der Waals surface area contributed by atoms with Crippen LogP contribution in [0.2, 0.25) is 0 Å². The molecule has 11 rings (SSSR count). The van der Waals surface area contributed by atoms with Crippen LogP contribution < -0.4 is 0 Å². The number of rotatable bonds is 33. The lowest BCUT2D eigenvalue weighted by Gasteiger charge is -2.50. The maximum atomic E-state index is 13.7. The van der Waals surface area contributed by atoms with Gasteiger partial charge >= 0.3 is 11.9 Å². The van der Waals surface area contributed by atoms with Crippen LogP contribution in [0.15, 0.2) is 243 Å². The molecule has 0 saturated carbocycles. The second-order valence-electron chi connectivity index (χ2n) is 23.8. The molecule has 0 spiro atoms. The van der Waals surface area contributed by atoms with E-state index in [0.29, 0.717) is 0 Å². The minimum Gasteiger partial charge on any atom is -0.454 e. The van der Waals surface area contributed by atoms with Crippen LogP contribution in [-0.2, 0) is 133 Å². The van der Waals surface area contributed by atoms with E-state index < -0.39 is 104 Å². The molecule has 8 aromatic rings. The van der Waals surface area contributed by atoms with Crippen molar-refractivity contribution in [2.75, 3.05) is 19.8 Å². The minimum absolute atomic E-state index is 0.00138. The third kappa shape index (κ3) is 20.4. The number of carbonyl (C=O) groups excluding carboxylic acids is 2. The Labute approximate surface area is 561 Å². The highest BCUT2D eigenvalue weighted by Gasteiger charge is 2.56. The summed E-state index contributed by atoms with van der Waals surface area (Å²) in [5, 5.41) is 12.7. The van der Waals surface area contributed by atoms with Crippen LogP contribution in [-0.4, -0.2) is 129 Å². The highest BCUT2D eigenvalue weighted by atomic mass is 16.8. The molecule has 0 radical (unpaired) electrons. The highest BCUT2D eigenvalue weighted by Crippen LogP contribution is 2.38. The zero-order valence-electron chi connectivity index (χ0n) is 53.9. The number of hydrogen-bond donors (Lipinski definition) is 1. The Morgan fingerprint density at radius 2 is 0.552 bits per heavy atom. The molecule has 0 bridgehead atoms. The second-order valence-corrected chi connectivity index (χ2v) is 23.8. The maximum Gasteiger partial charge on any atom is 0.303 e. The SMILES string of the molecule is CC(=O)OC1C(OCc2ccccc2)[C@H](OCc2ccccc2)C(COCc2ccccc2)O[C@@H]1OC1C(OCc2ccccc2)[C@H](O)OC(CO[C@H]2OC(COCc3ccccc3)[C@@H](OCc3ccccc3)C(OCc3ccccc3)C2OC(C)=O)[C@H]1OCc1ccccc1. The molecule has 1 N–H and O–H groups in total. The van der Waals surface area contributed by atoms with Crippen molar-refractivity contribution >= 4 is 11.9 Å². The molecule has 96 heavy (non-hydrogen) atoms. The monoisotopic (exact) mass is 1310 g/mol. The van der Waals surface area contributed by atoms with Gasteiger partial charge in [0.2, 0.25) is 0 Å². The van der Waals surface area contributed by atoms with Crippen molar-refractivity contribution in [3.8, 4) is 0 Å². The van der Waals surface area contributed by atoms with Gasteiger partial charge in [0.15, 0.2) is 31.1 Å². The summed E-state index contributed by atoms with van der Waals surface area (Å²) >= 11 is 0. The summed E-state index contributed by atoms with van der Waals surface area (Å²) in [5.41, 5.74) is 6.90. The van der Waals surface area contributed by atoms with E-state index in [-0.39, 0.29) is 72.7 Å². The number of hydrogen-bond acceptors (Lipinski definition) is 18. The van der Waals surface area contributed by atoms with Gasteiger partial charge in [0.25, 0.3) is 0 Å². The summed E-state index contributed by atoms with van der Waals surface area (Å²) in [5.74, 6) is -1.29. The first-order chi connectivity index (χ1) is 47.2. The topological polar surface area (TPSA) is 193 Å².